The van der Waals surface area contributed by atoms with Crippen molar-refractivity contribution in [3.63, 3.8) is 0 Å². The summed E-state index contributed by atoms with van der Waals surface area (Å²) in [6.45, 7) is 0.835. The van der Waals surface area contributed by atoms with Crippen LogP contribution in [0.2, 0.25) is 0 Å². The average molecular weight is 428 g/mol. The van der Waals surface area contributed by atoms with E-state index in [-0.39, 0.29) is 30.3 Å². The van der Waals surface area contributed by atoms with Crippen molar-refractivity contribution in [3.8, 4) is 0 Å². The van der Waals surface area contributed by atoms with Gasteiger partial charge in [-0.25, -0.2) is 8.42 Å². The molecule has 2 bridgehead atoms. The minimum Gasteiger partial charge on any atom is -0.327 e. The number of hydrogen-bond donors (Lipinski definition) is 2. The van der Waals surface area contributed by atoms with E-state index in [1.165, 1.54) is 17.0 Å². The van der Waals surface area contributed by atoms with Crippen LogP contribution < -0.4 is 11.1 Å². The number of benzene rings is 1. The van der Waals surface area contributed by atoms with E-state index in [9.17, 15) is 13.2 Å². The fourth-order valence-corrected chi connectivity index (χ4v) is 6.02. The molecule has 2 atom stereocenters. The summed E-state index contributed by atoms with van der Waals surface area (Å²) in [5.74, 6) is 1.08. The van der Waals surface area contributed by atoms with Gasteiger partial charge < -0.3 is 11.1 Å². The highest BCUT2D eigenvalue weighted by Crippen LogP contribution is 2.42. The third-order valence-electron chi connectivity index (χ3n) is 6.74. The fraction of sp³-hybridized carbons (Fsp3) is 0.650. The summed E-state index contributed by atoms with van der Waals surface area (Å²) < 4.78 is 25.2. The molecular formula is C20H30ClN3O3S. The Morgan fingerprint density at radius 3 is 2.54 bits per heavy atom. The van der Waals surface area contributed by atoms with Crippen molar-refractivity contribution in [2.75, 3.05) is 18.1 Å². The van der Waals surface area contributed by atoms with Crippen molar-refractivity contribution in [1.82, 2.24) is 4.31 Å². The largest absolute Gasteiger partial charge is 0.327 e. The van der Waals surface area contributed by atoms with Gasteiger partial charge in [0, 0.05) is 30.7 Å². The highest BCUT2D eigenvalue weighted by Gasteiger charge is 2.40. The molecule has 4 rings (SSSR count). The standard InChI is InChI=1S/C20H29N3O3S.ClH/c1-27(25,26)23-9-8-17-15(12-23)6-3-7-18(17)22-20(24)16-10-13-4-2-5-14(11-16)19(13)21;/h3,6-7,13-14,16,19H,2,4-5,8-12,21H2,1H3,(H,22,24);1H. The first-order valence-electron chi connectivity index (χ1n) is 9.95. The van der Waals surface area contributed by atoms with Gasteiger partial charge in [-0.15, -0.1) is 12.4 Å². The number of nitrogens with one attached hydrogen (secondary N) is 1. The van der Waals surface area contributed by atoms with E-state index in [0.29, 0.717) is 31.3 Å². The van der Waals surface area contributed by atoms with Gasteiger partial charge in [-0.1, -0.05) is 18.6 Å². The van der Waals surface area contributed by atoms with Crippen LogP contribution in [0.1, 0.15) is 43.2 Å². The molecule has 1 aromatic carbocycles. The molecule has 28 heavy (non-hydrogen) atoms. The van der Waals surface area contributed by atoms with Gasteiger partial charge in [0.2, 0.25) is 15.9 Å². The first-order chi connectivity index (χ1) is 12.8. The van der Waals surface area contributed by atoms with Gasteiger partial charge in [-0.2, -0.15) is 4.31 Å². The summed E-state index contributed by atoms with van der Waals surface area (Å²) >= 11 is 0. The van der Waals surface area contributed by atoms with E-state index >= 15 is 0 Å². The van der Waals surface area contributed by atoms with Gasteiger partial charge in [0.05, 0.1) is 6.26 Å². The summed E-state index contributed by atoms with van der Waals surface area (Å²) in [6.07, 6.45) is 7.17. The lowest BCUT2D eigenvalue weighted by molar-refractivity contribution is -0.122. The number of rotatable bonds is 3. The Bertz CT molecular complexity index is 831. The zero-order valence-electron chi connectivity index (χ0n) is 16.3. The van der Waals surface area contributed by atoms with Gasteiger partial charge in [0.25, 0.3) is 0 Å². The van der Waals surface area contributed by atoms with Gasteiger partial charge in [0.1, 0.15) is 0 Å². The number of nitrogens with two attached hydrogens (primary N) is 1. The number of carbonyl (C=O) groups excluding carboxylic acids is 1. The maximum absolute atomic E-state index is 13.0. The SMILES string of the molecule is CS(=O)(=O)N1CCc2c(cccc2NC(=O)C2CC3CCCC(C2)C3N)C1.Cl. The van der Waals surface area contributed by atoms with Crippen LogP contribution in [0, 0.1) is 17.8 Å². The monoisotopic (exact) mass is 427 g/mol. The van der Waals surface area contributed by atoms with E-state index in [1.54, 1.807) is 0 Å². The minimum atomic E-state index is -3.20. The average Bonchev–Trinajstić information content (AvgIpc) is 2.60. The summed E-state index contributed by atoms with van der Waals surface area (Å²) in [4.78, 5) is 13.0. The first-order valence-corrected chi connectivity index (χ1v) is 11.8. The molecule has 0 radical (unpaired) electrons. The molecule has 1 aromatic rings. The number of anilines is 1. The number of fused-ring (bicyclic) bond motifs is 3. The Balaban J connectivity index is 0.00000225. The number of sulfonamides is 1. The lowest BCUT2D eigenvalue weighted by Crippen LogP contribution is -2.48. The van der Waals surface area contributed by atoms with E-state index in [2.05, 4.69) is 5.32 Å². The van der Waals surface area contributed by atoms with Crippen molar-refractivity contribution in [3.05, 3.63) is 29.3 Å². The summed E-state index contributed by atoms with van der Waals surface area (Å²) in [7, 11) is -3.20. The van der Waals surface area contributed by atoms with E-state index in [0.717, 1.165) is 42.5 Å². The Kier molecular flexibility index (Phi) is 6.39. The van der Waals surface area contributed by atoms with Crippen LogP contribution >= 0.6 is 12.4 Å². The molecule has 2 unspecified atom stereocenters. The smallest absolute Gasteiger partial charge is 0.227 e. The Morgan fingerprint density at radius 1 is 1.21 bits per heavy atom. The molecule has 2 aliphatic carbocycles. The van der Waals surface area contributed by atoms with Crippen LogP contribution in [0.15, 0.2) is 18.2 Å². The van der Waals surface area contributed by atoms with Crippen LogP contribution in [0.5, 0.6) is 0 Å². The molecule has 1 amide bonds. The maximum Gasteiger partial charge on any atom is 0.227 e. The number of carbonyl (C=O) groups is 1. The van der Waals surface area contributed by atoms with Crippen LogP contribution in [0.25, 0.3) is 0 Å². The van der Waals surface area contributed by atoms with E-state index in [4.69, 9.17) is 5.73 Å². The molecule has 1 heterocycles. The van der Waals surface area contributed by atoms with Gasteiger partial charge in [-0.05, 0) is 61.1 Å². The molecule has 3 aliphatic rings. The van der Waals surface area contributed by atoms with Gasteiger partial charge >= 0.3 is 0 Å². The molecule has 6 nitrogen and oxygen atoms in total. The van der Waals surface area contributed by atoms with Gasteiger partial charge in [0.15, 0.2) is 0 Å². The third kappa shape index (κ3) is 4.22. The van der Waals surface area contributed by atoms with E-state index < -0.39 is 10.0 Å². The summed E-state index contributed by atoms with van der Waals surface area (Å²) in [5, 5.41) is 3.15. The molecule has 3 N–H and O–H groups in total. The Hall–Kier alpha value is -1.15. The molecule has 1 aliphatic heterocycles. The topological polar surface area (TPSA) is 92.5 Å². The molecule has 156 valence electrons. The lowest BCUT2D eigenvalue weighted by atomic mass is 9.65. The fourth-order valence-electron chi connectivity index (χ4n) is 5.22. The minimum absolute atomic E-state index is 0. The second-order valence-electron chi connectivity index (χ2n) is 8.48. The maximum atomic E-state index is 13.0. The Morgan fingerprint density at radius 2 is 1.89 bits per heavy atom. The number of amides is 1. The van der Waals surface area contributed by atoms with Crippen molar-refractivity contribution < 1.29 is 13.2 Å². The molecule has 0 spiro atoms. The molecule has 2 fully saturated rings. The van der Waals surface area contributed by atoms with Crippen molar-refractivity contribution in [2.45, 2.75) is 51.1 Å². The van der Waals surface area contributed by atoms with Crippen LogP contribution in [0.3, 0.4) is 0 Å². The zero-order valence-corrected chi connectivity index (χ0v) is 17.9. The molecule has 2 saturated carbocycles. The molecule has 0 saturated heterocycles. The van der Waals surface area contributed by atoms with Crippen molar-refractivity contribution in [2.24, 2.45) is 23.5 Å². The second kappa shape index (κ2) is 8.30. The third-order valence-corrected chi connectivity index (χ3v) is 7.99. The van der Waals surface area contributed by atoms with Gasteiger partial charge in [-0.3, -0.25) is 4.79 Å². The molecule has 8 heteroatoms. The predicted molar refractivity (Wildman–Crippen MR) is 113 cm³/mol. The highest BCUT2D eigenvalue weighted by molar-refractivity contribution is 7.88. The normalized spacial score (nSPS) is 30.1. The quantitative estimate of drug-likeness (QED) is 0.775. The van der Waals surface area contributed by atoms with Crippen LogP contribution in [0.4, 0.5) is 5.69 Å². The van der Waals surface area contributed by atoms with E-state index in [1.807, 2.05) is 18.2 Å². The molecule has 0 aromatic heterocycles. The second-order valence-corrected chi connectivity index (χ2v) is 10.5. The Labute approximate surface area is 173 Å². The highest BCUT2D eigenvalue weighted by atomic mass is 35.5. The van der Waals surface area contributed by atoms with Crippen molar-refractivity contribution >= 4 is 34.0 Å². The summed E-state index contributed by atoms with van der Waals surface area (Å²) in [6, 6.07) is 6.04. The predicted octanol–water partition coefficient (Wildman–Crippen LogP) is 2.52. The number of halogens is 1. The summed E-state index contributed by atoms with van der Waals surface area (Å²) in [5.41, 5.74) is 9.24. The zero-order chi connectivity index (χ0) is 19.2. The number of nitrogens with zero attached hydrogens (tertiary/aromatic N) is 1. The van der Waals surface area contributed by atoms with Crippen LogP contribution in [-0.2, 0) is 27.8 Å². The lowest BCUT2D eigenvalue weighted by Gasteiger charge is -2.43. The molecular weight excluding hydrogens is 398 g/mol. The van der Waals surface area contributed by atoms with Crippen LogP contribution in [-0.4, -0.2) is 37.5 Å². The van der Waals surface area contributed by atoms with Crippen molar-refractivity contribution in [1.29, 1.82) is 0 Å². The first kappa shape index (κ1) is 21.6. The number of hydrogen-bond acceptors (Lipinski definition) is 4.